The summed E-state index contributed by atoms with van der Waals surface area (Å²) in [5.74, 6) is 0.959. The molecule has 25 heavy (non-hydrogen) atoms. The number of benzene rings is 1. The molecule has 1 N–H and O–H groups in total. The van der Waals surface area contributed by atoms with Crippen LogP contribution in [-0.2, 0) is 19.3 Å². The standard InChI is InChI=1S/C19H18N2O3S/c1-24-12-6-4-5-11(9-12)14(22)10-16-20-18(23)17-13-7-2-3-8-15(13)25-19(17)21-16/h4-6,9H,2-3,7-8,10H2,1H3,(H,20,21,23). The quantitative estimate of drug-likeness (QED) is 0.730. The molecule has 3 aromatic rings. The van der Waals surface area contributed by atoms with E-state index in [4.69, 9.17) is 4.74 Å². The number of hydrogen-bond donors (Lipinski definition) is 1. The van der Waals surface area contributed by atoms with Gasteiger partial charge in [0.15, 0.2) is 5.78 Å². The lowest BCUT2D eigenvalue weighted by molar-refractivity contribution is 0.0990. The fourth-order valence-corrected chi connectivity index (χ4v) is 4.62. The van der Waals surface area contributed by atoms with Crippen molar-refractivity contribution in [1.82, 2.24) is 9.97 Å². The average Bonchev–Trinajstić information content (AvgIpc) is 3.00. The number of thiophene rings is 1. The molecule has 2 aromatic heterocycles. The zero-order valence-corrected chi connectivity index (χ0v) is 14.7. The van der Waals surface area contributed by atoms with Crippen LogP contribution in [0.1, 0.15) is 39.5 Å². The number of H-pyrrole nitrogens is 1. The monoisotopic (exact) mass is 354 g/mol. The van der Waals surface area contributed by atoms with Crippen molar-refractivity contribution in [3.8, 4) is 5.75 Å². The van der Waals surface area contributed by atoms with Crippen molar-refractivity contribution in [2.24, 2.45) is 0 Å². The smallest absolute Gasteiger partial charge is 0.259 e. The summed E-state index contributed by atoms with van der Waals surface area (Å²) in [6.45, 7) is 0. The summed E-state index contributed by atoms with van der Waals surface area (Å²) in [5.41, 5.74) is 1.58. The lowest BCUT2D eigenvalue weighted by Crippen LogP contribution is -2.15. The van der Waals surface area contributed by atoms with Crippen LogP contribution in [0.15, 0.2) is 29.1 Å². The molecule has 0 bridgehead atoms. The molecule has 0 atom stereocenters. The van der Waals surface area contributed by atoms with E-state index in [1.54, 1.807) is 42.7 Å². The van der Waals surface area contributed by atoms with Crippen LogP contribution >= 0.6 is 11.3 Å². The van der Waals surface area contributed by atoms with Crippen LogP contribution in [0, 0.1) is 0 Å². The molecule has 0 aliphatic heterocycles. The van der Waals surface area contributed by atoms with Gasteiger partial charge in [-0.1, -0.05) is 12.1 Å². The van der Waals surface area contributed by atoms with Crippen LogP contribution in [0.25, 0.3) is 10.2 Å². The summed E-state index contributed by atoms with van der Waals surface area (Å²) < 4.78 is 5.15. The molecule has 0 saturated heterocycles. The van der Waals surface area contributed by atoms with E-state index >= 15 is 0 Å². The summed E-state index contributed by atoms with van der Waals surface area (Å²) in [4.78, 5) is 34.4. The Hall–Kier alpha value is -2.47. The third-order valence-corrected chi connectivity index (χ3v) is 5.78. The molecule has 6 heteroatoms. The lowest BCUT2D eigenvalue weighted by atomic mass is 9.97. The molecule has 2 heterocycles. The molecule has 0 saturated carbocycles. The molecule has 5 nitrogen and oxygen atoms in total. The summed E-state index contributed by atoms with van der Waals surface area (Å²) in [7, 11) is 1.56. The number of ketones is 1. The van der Waals surface area contributed by atoms with Gasteiger partial charge in [-0.05, 0) is 43.4 Å². The zero-order chi connectivity index (χ0) is 17.4. The maximum absolute atomic E-state index is 12.5. The van der Waals surface area contributed by atoms with E-state index in [9.17, 15) is 9.59 Å². The Morgan fingerprint density at radius 1 is 1.32 bits per heavy atom. The second-order valence-electron chi connectivity index (χ2n) is 6.24. The Morgan fingerprint density at radius 2 is 2.16 bits per heavy atom. The number of methoxy groups -OCH3 is 1. The van der Waals surface area contributed by atoms with Crippen molar-refractivity contribution in [2.45, 2.75) is 32.1 Å². The van der Waals surface area contributed by atoms with Crippen molar-refractivity contribution in [2.75, 3.05) is 7.11 Å². The van der Waals surface area contributed by atoms with Gasteiger partial charge >= 0.3 is 0 Å². The van der Waals surface area contributed by atoms with Gasteiger partial charge in [0.25, 0.3) is 5.56 Å². The number of Topliss-reactive ketones (excluding diaryl/α,β-unsaturated/α-hetero) is 1. The van der Waals surface area contributed by atoms with Gasteiger partial charge in [-0.25, -0.2) is 4.98 Å². The number of hydrogen-bond acceptors (Lipinski definition) is 5. The first-order chi connectivity index (χ1) is 12.2. The number of carbonyl (C=O) groups is 1. The van der Waals surface area contributed by atoms with Crippen LogP contribution in [-0.4, -0.2) is 22.9 Å². The van der Waals surface area contributed by atoms with Crippen molar-refractivity contribution in [1.29, 1.82) is 0 Å². The van der Waals surface area contributed by atoms with Crippen LogP contribution < -0.4 is 10.3 Å². The minimum atomic E-state index is -0.127. The first kappa shape index (κ1) is 16.0. The van der Waals surface area contributed by atoms with E-state index in [-0.39, 0.29) is 17.8 Å². The van der Waals surface area contributed by atoms with Crippen LogP contribution in [0.5, 0.6) is 5.75 Å². The Bertz CT molecular complexity index is 1020. The number of carbonyl (C=O) groups excluding carboxylic acids is 1. The molecular formula is C19H18N2O3S. The van der Waals surface area contributed by atoms with Gasteiger partial charge in [0, 0.05) is 10.4 Å². The number of ether oxygens (including phenoxy) is 1. The van der Waals surface area contributed by atoms with Gasteiger partial charge in [0.2, 0.25) is 0 Å². The highest BCUT2D eigenvalue weighted by molar-refractivity contribution is 7.18. The molecule has 0 amide bonds. The van der Waals surface area contributed by atoms with Crippen molar-refractivity contribution in [3.63, 3.8) is 0 Å². The molecule has 1 aliphatic carbocycles. The normalized spacial score (nSPS) is 13.6. The molecule has 128 valence electrons. The average molecular weight is 354 g/mol. The highest BCUT2D eigenvalue weighted by Crippen LogP contribution is 2.33. The van der Waals surface area contributed by atoms with Crippen LogP contribution in [0.2, 0.25) is 0 Å². The van der Waals surface area contributed by atoms with Gasteiger partial charge in [0.05, 0.1) is 18.9 Å². The summed E-state index contributed by atoms with van der Waals surface area (Å²) in [6.07, 6.45) is 4.32. The lowest BCUT2D eigenvalue weighted by Gasteiger charge is -2.09. The number of rotatable bonds is 4. The predicted molar refractivity (Wildman–Crippen MR) is 97.9 cm³/mol. The van der Waals surface area contributed by atoms with Gasteiger partial charge in [-0.3, -0.25) is 9.59 Å². The van der Waals surface area contributed by atoms with Crippen LogP contribution in [0.3, 0.4) is 0 Å². The number of aryl methyl sites for hydroxylation is 2. The largest absolute Gasteiger partial charge is 0.497 e. The Kier molecular flexibility index (Phi) is 4.13. The van der Waals surface area contributed by atoms with Gasteiger partial charge in [0.1, 0.15) is 16.4 Å². The number of fused-ring (bicyclic) bond motifs is 3. The molecule has 0 radical (unpaired) electrons. The third kappa shape index (κ3) is 2.98. The highest BCUT2D eigenvalue weighted by atomic mass is 32.1. The first-order valence-electron chi connectivity index (χ1n) is 8.36. The second-order valence-corrected chi connectivity index (χ2v) is 7.32. The minimum Gasteiger partial charge on any atom is -0.497 e. The van der Waals surface area contributed by atoms with E-state index in [1.807, 2.05) is 0 Å². The third-order valence-electron chi connectivity index (χ3n) is 4.59. The van der Waals surface area contributed by atoms with Gasteiger partial charge in [-0.15, -0.1) is 11.3 Å². The summed E-state index contributed by atoms with van der Waals surface area (Å²) in [5, 5.41) is 0.720. The van der Waals surface area contributed by atoms with Crippen LogP contribution in [0.4, 0.5) is 0 Å². The van der Waals surface area contributed by atoms with E-state index in [0.717, 1.165) is 35.0 Å². The molecule has 4 rings (SSSR count). The first-order valence-corrected chi connectivity index (χ1v) is 9.18. The van der Waals surface area contributed by atoms with E-state index in [2.05, 4.69) is 9.97 Å². The molecular weight excluding hydrogens is 336 g/mol. The Morgan fingerprint density at radius 3 is 3.00 bits per heavy atom. The number of nitrogens with zero attached hydrogens (tertiary/aromatic N) is 1. The maximum Gasteiger partial charge on any atom is 0.259 e. The van der Waals surface area contributed by atoms with Crippen molar-refractivity contribution in [3.05, 3.63) is 56.4 Å². The Balaban J connectivity index is 1.67. The van der Waals surface area contributed by atoms with E-state index in [1.165, 1.54) is 11.3 Å². The second kappa shape index (κ2) is 6.44. The van der Waals surface area contributed by atoms with Crippen molar-refractivity contribution >= 4 is 27.3 Å². The molecule has 0 fully saturated rings. The van der Waals surface area contributed by atoms with Gasteiger partial charge in [-0.2, -0.15) is 0 Å². The Labute approximate surface area is 148 Å². The predicted octanol–water partition coefficient (Wildman–Crippen LogP) is 3.30. The van der Waals surface area contributed by atoms with Crippen molar-refractivity contribution < 1.29 is 9.53 Å². The maximum atomic E-state index is 12.5. The summed E-state index contributed by atoms with van der Waals surface area (Å²) >= 11 is 1.59. The highest BCUT2D eigenvalue weighted by Gasteiger charge is 2.20. The number of aromatic nitrogens is 2. The van der Waals surface area contributed by atoms with E-state index < -0.39 is 0 Å². The number of nitrogens with one attached hydrogen (secondary N) is 1. The minimum absolute atomic E-state index is 0.0704. The zero-order valence-electron chi connectivity index (χ0n) is 13.9. The fourth-order valence-electron chi connectivity index (χ4n) is 3.34. The fraction of sp³-hybridized carbons (Fsp3) is 0.316. The SMILES string of the molecule is COc1cccc(C(=O)Cc2nc3sc4c(c3c(=O)[nH]2)CCCC4)c1. The molecule has 1 aliphatic rings. The summed E-state index contributed by atoms with van der Waals surface area (Å²) in [6, 6.07) is 7.01. The topological polar surface area (TPSA) is 72.0 Å². The molecule has 0 spiro atoms. The van der Waals surface area contributed by atoms with Gasteiger partial charge < -0.3 is 9.72 Å². The number of aromatic amines is 1. The van der Waals surface area contributed by atoms with E-state index in [0.29, 0.717) is 17.1 Å². The molecule has 0 unspecified atom stereocenters. The molecule has 1 aromatic carbocycles.